The minimum absolute atomic E-state index is 0.000515. The van der Waals surface area contributed by atoms with Crippen molar-refractivity contribution in [2.75, 3.05) is 11.9 Å². The number of urea groups is 1. The number of hydrogen-bond donors (Lipinski definition) is 5. The molecule has 0 bridgehead atoms. The van der Waals surface area contributed by atoms with E-state index in [0.29, 0.717) is 0 Å². The van der Waals surface area contributed by atoms with Gasteiger partial charge in [-0.2, -0.15) is 0 Å². The molecule has 5 amide bonds. The van der Waals surface area contributed by atoms with E-state index in [9.17, 15) is 29.3 Å². The van der Waals surface area contributed by atoms with Gasteiger partial charge in [-0.05, 0) is 36.1 Å². The third kappa shape index (κ3) is 10.6. The Morgan fingerprint density at radius 1 is 0.810 bits per heavy atom. The lowest BCUT2D eigenvalue weighted by Gasteiger charge is -2.23. The second kappa shape index (κ2) is 16.0. The number of nitro groups is 1. The molecule has 0 aliphatic heterocycles. The number of benzene rings is 3. The van der Waals surface area contributed by atoms with Gasteiger partial charge in [0.15, 0.2) is 0 Å². The molecular weight excluding hydrogens is 544 g/mol. The fourth-order valence-electron chi connectivity index (χ4n) is 3.92. The average molecular weight is 577 g/mol. The summed E-state index contributed by atoms with van der Waals surface area (Å²) < 4.78 is 5.30. The van der Waals surface area contributed by atoms with Gasteiger partial charge >= 0.3 is 12.1 Å². The summed E-state index contributed by atoms with van der Waals surface area (Å²) in [7, 11) is 0. The highest BCUT2D eigenvalue weighted by atomic mass is 16.6. The largest absolute Gasteiger partial charge is 0.445 e. The smallest absolute Gasteiger partial charge is 0.408 e. The van der Waals surface area contributed by atoms with Crippen LogP contribution in [0.5, 0.6) is 0 Å². The van der Waals surface area contributed by atoms with Crippen LogP contribution in [0.2, 0.25) is 0 Å². The lowest BCUT2D eigenvalue weighted by atomic mass is 10.0. The van der Waals surface area contributed by atoms with Crippen molar-refractivity contribution in [2.45, 2.75) is 38.0 Å². The third-order valence-electron chi connectivity index (χ3n) is 6.05. The first kappa shape index (κ1) is 31.1. The molecule has 0 aliphatic carbocycles. The first-order valence-corrected chi connectivity index (χ1v) is 13.1. The van der Waals surface area contributed by atoms with E-state index in [-0.39, 0.29) is 43.8 Å². The molecule has 0 radical (unpaired) electrons. The first-order chi connectivity index (χ1) is 20.2. The summed E-state index contributed by atoms with van der Waals surface area (Å²) in [5.74, 6) is -1.23. The summed E-state index contributed by atoms with van der Waals surface area (Å²) >= 11 is 0. The lowest BCUT2D eigenvalue weighted by Crippen LogP contribution is -2.53. The van der Waals surface area contributed by atoms with E-state index in [1.165, 1.54) is 24.3 Å². The quantitative estimate of drug-likeness (QED) is 0.110. The fourth-order valence-corrected chi connectivity index (χ4v) is 3.92. The zero-order valence-electron chi connectivity index (χ0n) is 22.7. The number of anilines is 1. The fraction of sp³-hybridized carbons (Fsp3) is 0.241. The molecule has 0 saturated heterocycles. The van der Waals surface area contributed by atoms with Crippen LogP contribution in [0.25, 0.3) is 0 Å². The summed E-state index contributed by atoms with van der Waals surface area (Å²) in [6.45, 7) is 0.156. The minimum atomic E-state index is -1.09. The van der Waals surface area contributed by atoms with Gasteiger partial charge in [-0.3, -0.25) is 19.7 Å². The SMILES string of the molecule is NC(=O)NCCCC(NC(=O)C(Cc1ccccc1)NC(=O)OCc1ccccc1)C(=O)Nc1ccc([N+](=O)[O-])cc1. The molecule has 0 aliphatic rings. The van der Waals surface area contributed by atoms with Gasteiger partial charge in [-0.25, -0.2) is 9.59 Å². The van der Waals surface area contributed by atoms with Crippen molar-refractivity contribution in [1.29, 1.82) is 0 Å². The van der Waals surface area contributed by atoms with E-state index < -0.39 is 40.9 Å². The molecule has 0 saturated carbocycles. The van der Waals surface area contributed by atoms with Crippen molar-refractivity contribution in [2.24, 2.45) is 5.73 Å². The number of carbonyl (C=O) groups excluding carboxylic acids is 4. The van der Waals surface area contributed by atoms with E-state index in [1.807, 2.05) is 24.3 Å². The Labute approximate surface area is 242 Å². The number of amides is 5. The Morgan fingerprint density at radius 2 is 1.43 bits per heavy atom. The van der Waals surface area contributed by atoms with Gasteiger partial charge in [0.05, 0.1) is 4.92 Å². The number of nitrogens with two attached hydrogens (primary N) is 1. The summed E-state index contributed by atoms with van der Waals surface area (Å²) in [6.07, 6.45) is -0.293. The molecule has 3 rings (SSSR count). The maximum Gasteiger partial charge on any atom is 0.408 e. The van der Waals surface area contributed by atoms with Crippen molar-refractivity contribution in [3.63, 3.8) is 0 Å². The highest BCUT2D eigenvalue weighted by Gasteiger charge is 2.27. The number of alkyl carbamates (subject to hydrolysis) is 1. The van der Waals surface area contributed by atoms with Crippen LogP contribution in [0.3, 0.4) is 0 Å². The molecule has 0 aromatic heterocycles. The Balaban J connectivity index is 1.72. The monoisotopic (exact) mass is 576 g/mol. The Morgan fingerprint density at radius 3 is 2.02 bits per heavy atom. The molecule has 0 spiro atoms. The van der Waals surface area contributed by atoms with Crippen molar-refractivity contribution in [3.8, 4) is 0 Å². The summed E-state index contributed by atoms with van der Waals surface area (Å²) in [6, 6.07) is 20.4. The Kier molecular flexibility index (Phi) is 11.8. The molecule has 2 atom stereocenters. The minimum Gasteiger partial charge on any atom is -0.445 e. The van der Waals surface area contributed by atoms with Gasteiger partial charge < -0.3 is 31.7 Å². The molecule has 0 fully saturated rings. The van der Waals surface area contributed by atoms with Crippen molar-refractivity contribution in [1.82, 2.24) is 16.0 Å². The molecular formula is C29H32N6O7. The molecule has 6 N–H and O–H groups in total. The summed E-state index contributed by atoms with van der Waals surface area (Å²) in [5.41, 5.74) is 6.77. The molecule has 3 aromatic rings. The number of ether oxygens (including phenoxy) is 1. The molecule has 0 heterocycles. The van der Waals surface area contributed by atoms with E-state index in [4.69, 9.17) is 10.5 Å². The van der Waals surface area contributed by atoms with Gasteiger partial charge in [0.1, 0.15) is 18.7 Å². The van der Waals surface area contributed by atoms with Crippen LogP contribution in [-0.4, -0.2) is 47.5 Å². The number of carbonyl (C=O) groups is 4. The van der Waals surface area contributed by atoms with Gasteiger partial charge in [0.2, 0.25) is 11.8 Å². The van der Waals surface area contributed by atoms with E-state index in [2.05, 4.69) is 21.3 Å². The van der Waals surface area contributed by atoms with Crippen LogP contribution in [0, 0.1) is 10.1 Å². The van der Waals surface area contributed by atoms with Crippen LogP contribution in [0.15, 0.2) is 84.9 Å². The van der Waals surface area contributed by atoms with Crippen molar-refractivity contribution in [3.05, 3.63) is 106 Å². The van der Waals surface area contributed by atoms with Crippen LogP contribution in [0.1, 0.15) is 24.0 Å². The molecule has 2 unspecified atom stereocenters. The lowest BCUT2D eigenvalue weighted by molar-refractivity contribution is -0.384. The van der Waals surface area contributed by atoms with E-state index >= 15 is 0 Å². The van der Waals surface area contributed by atoms with Crippen LogP contribution >= 0.6 is 0 Å². The number of rotatable bonds is 14. The predicted octanol–water partition coefficient (Wildman–Crippen LogP) is 3.00. The highest BCUT2D eigenvalue weighted by molar-refractivity contribution is 5.98. The zero-order chi connectivity index (χ0) is 30.3. The zero-order valence-corrected chi connectivity index (χ0v) is 22.7. The maximum atomic E-state index is 13.5. The van der Waals surface area contributed by atoms with Gasteiger partial charge in [0.25, 0.3) is 5.69 Å². The number of nitrogens with one attached hydrogen (secondary N) is 4. The average Bonchev–Trinajstić information content (AvgIpc) is 2.98. The molecule has 3 aromatic carbocycles. The third-order valence-corrected chi connectivity index (χ3v) is 6.05. The molecule has 42 heavy (non-hydrogen) atoms. The normalized spacial score (nSPS) is 11.8. The number of non-ortho nitro benzene ring substituents is 1. The number of primary amides is 1. The maximum absolute atomic E-state index is 13.5. The van der Waals surface area contributed by atoms with Gasteiger partial charge in [-0.15, -0.1) is 0 Å². The van der Waals surface area contributed by atoms with Gasteiger partial charge in [0, 0.05) is 30.8 Å². The summed E-state index contributed by atoms with van der Waals surface area (Å²) in [4.78, 5) is 60.7. The number of hydrogen-bond acceptors (Lipinski definition) is 7. The standard InChI is InChI=1S/C29H32N6O7/c30-28(38)31-17-7-12-24(26(36)32-22-13-15-23(16-14-22)35(40)41)33-27(37)25(18-20-8-3-1-4-9-20)34-29(39)42-19-21-10-5-2-6-11-21/h1-6,8-11,13-16,24-25H,7,12,17-19H2,(H,32,36)(H,33,37)(H,34,39)(H3,30,31,38). The topological polar surface area (TPSA) is 195 Å². The molecule has 13 heteroatoms. The second-order valence-corrected chi connectivity index (χ2v) is 9.24. The number of nitro benzene ring substituents is 1. The Hall–Kier alpha value is -5.46. The van der Waals surface area contributed by atoms with Crippen molar-refractivity contribution >= 4 is 35.3 Å². The Bertz CT molecular complexity index is 1350. The van der Waals surface area contributed by atoms with Gasteiger partial charge in [-0.1, -0.05) is 60.7 Å². The molecule has 13 nitrogen and oxygen atoms in total. The summed E-state index contributed by atoms with van der Waals surface area (Å²) in [5, 5.41) is 21.3. The first-order valence-electron chi connectivity index (χ1n) is 13.1. The van der Waals surface area contributed by atoms with E-state index in [0.717, 1.165) is 11.1 Å². The van der Waals surface area contributed by atoms with E-state index in [1.54, 1.807) is 36.4 Å². The molecule has 220 valence electrons. The highest BCUT2D eigenvalue weighted by Crippen LogP contribution is 2.16. The van der Waals surface area contributed by atoms with Crippen LogP contribution < -0.4 is 27.0 Å². The van der Waals surface area contributed by atoms with Crippen molar-refractivity contribution < 1.29 is 28.8 Å². The number of nitrogens with zero attached hydrogens (tertiary/aromatic N) is 1. The van der Waals surface area contributed by atoms with Crippen LogP contribution in [0.4, 0.5) is 21.0 Å². The van der Waals surface area contributed by atoms with Crippen LogP contribution in [-0.2, 0) is 27.4 Å². The second-order valence-electron chi connectivity index (χ2n) is 9.24. The predicted molar refractivity (Wildman–Crippen MR) is 154 cm³/mol.